The Bertz CT molecular complexity index is 532. The topological polar surface area (TPSA) is 38.7 Å². The highest BCUT2D eigenvalue weighted by molar-refractivity contribution is 6.29. The van der Waals surface area contributed by atoms with Crippen LogP contribution in [0.2, 0.25) is 5.15 Å². The van der Waals surface area contributed by atoms with Gasteiger partial charge in [0.1, 0.15) is 11.0 Å². The molecule has 4 heteroatoms. The third-order valence-corrected chi connectivity index (χ3v) is 2.72. The molecule has 0 atom stereocenters. The minimum Gasteiger partial charge on any atom is -0.264 e. The molecule has 0 N–H and O–H groups in total. The van der Waals surface area contributed by atoms with Crippen molar-refractivity contribution in [2.24, 2.45) is 0 Å². The van der Waals surface area contributed by atoms with E-state index < -0.39 is 0 Å². The van der Waals surface area contributed by atoms with E-state index in [0.717, 1.165) is 23.5 Å². The molecule has 0 saturated carbocycles. The normalized spacial score (nSPS) is 11.6. The molecule has 0 amide bonds. The smallest absolute Gasteiger partial charge is 0.135 e. The van der Waals surface area contributed by atoms with Crippen molar-refractivity contribution < 1.29 is 0 Å². The second kappa shape index (κ2) is 5.02. The minimum atomic E-state index is -0.103. The van der Waals surface area contributed by atoms with Gasteiger partial charge < -0.3 is 0 Å². The average molecular weight is 262 g/mol. The quantitative estimate of drug-likeness (QED) is 0.778. The van der Waals surface area contributed by atoms with Crippen molar-refractivity contribution in [2.45, 2.75) is 32.6 Å². The van der Waals surface area contributed by atoms with E-state index in [1.165, 1.54) is 0 Å². The fraction of sp³-hybridized carbons (Fsp3) is 0.357. The Labute approximate surface area is 112 Å². The van der Waals surface area contributed by atoms with Gasteiger partial charge in [-0.2, -0.15) is 0 Å². The molecule has 2 aromatic heterocycles. The van der Waals surface area contributed by atoms with Gasteiger partial charge in [-0.25, -0.2) is 9.97 Å². The number of rotatable bonds is 2. The molecular formula is C14H16ClN3. The summed E-state index contributed by atoms with van der Waals surface area (Å²) in [6.45, 7) is 6.23. The molecule has 0 radical (unpaired) electrons. The maximum Gasteiger partial charge on any atom is 0.135 e. The fourth-order valence-electron chi connectivity index (χ4n) is 1.60. The van der Waals surface area contributed by atoms with Gasteiger partial charge in [0.25, 0.3) is 0 Å². The largest absolute Gasteiger partial charge is 0.264 e. The van der Waals surface area contributed by atoms with Crippen LogP contribution in [0.25, 0.3) is 0 Å². The van der Waals surface area contributed by atoms with Gasteiger partial charge in [0.05, 0.1) is 5.69 Å². The van der Waals surface area contributed by atoms with E-state index in [1.54, 1.807) is 6.20 Å². The Morgan fingerprint density at radius 2 is 2.00 bits per heavy atom. The second-order valence-corrected chi connectivity index (χ2v) is 5.68. The Morgan fingerprint density at radius 1 is 1.22 bits per heavy atom. The number of hydrogen-bond acceptors (Lipinski definition) is 3. The molecule has 2 heterocycles. The van der Waals surface area contributed by atoms with Crippen LogP contribution in [0, 0.1) is 0 Å². The predicted octanol–water partition coefficient (Wildman–Crippen LogP) is 3.41. The first-order valence-electron chi connectivity index (χ1n) is 5.88. The lowest BCUT2D eigenvalue weighted by Crippen LogP contribution is -2.17. The highest BCUT2D eigenvalue weighted by Gasteiger charge is 2.18. The van der Waals surface area contributed by atoms with Crippen LogP contribution in [0.15, 0.2) is 30.6 Å². The maximum atomic E-state index is 6.06. The van der Waals surface area contributed by atoms with Crippen LogP contribution in [0.1, 0.15) is 37.9 Å². The first-order chi connectivity index (χ1) is 8.45. The van der Waals surface area contributed by atoms with Crippen LogP contribution in [-0.4, -0.2) is 15.0 Å². The maximum absolute atomic E-state index is 6.06. The van der Waals surface area contributed by atoms with Gasteiger partial charge in [0.15, 0.2) is 0 Å². The van der Waals surface area contributed by atoms with Crippen molar-refractivity contribution in [3.05, 3.63) is 52.8 Å². The molecule has 18 heavy (non-hydrogen) atoms. The zero-order valence-corrected chi connectivity index (χ0v) is 11.6. The van der Waals surface area contributed by atoms with Gasteiger partial charge in [0, 0.05) is 24.2 Å². The van der Waals surface area contributed by atoms with E-state index in [4.69, 9.17) is 11.6 Å². The summed E-state index contributed by atoms with van der Waals surface area (Å²) in [6, 6.07) is 5.76. The van der Waals surface area contributed by atoms with E-state index in [9.17, 15) is 0 Å². The highest BCUT2D eigenvalue weighted by atomic mass is 35.5. The van der Waals surface area contributed by atoms with E-state index >= 15 is 0 Å². The van der Waals surface area contributed by atoms with Crippen LogP contribution < -0.4 is 0 Å². The Morgan fingerprint density at radius 3 is 2.61 bits per heavy atom. The minimum absolute atomic E-state index is 0.103. The standard InChI is InChI=1S/C14H16ClN3/c1-14(2,3)13-17-11(8-12(15)18-13)7-10-5-4-6-16-9-10/h4-6,8-9H,7H2,1-3H3. The first kappa shape index (κ1) is 13.0. The lowest BCUT2D eigenvalue weighted by atomic mass is 9.95. The van der Waals surface area contributed by atoms with Crippen molar-refractivity contribution in [1.29, 1.82) is 0 Å². The lowest BCUT2D eigenvalue weighted by molar-refractivity contribution is 0.542. The fourth-order valence-corrected chi connectivity index (χ4v) is 1.81. The van der Waals surface area contributed by atoms with Gasteiger partial charge in [-0.1, -0.05) is 38.4 Å². The van der Waals surface area contributed by atoms with E-state index in [0.29, 0.717) is 5.15 Å². The van der Waals surface area contributed by atoms with Gasteiger partial charge in [-0.15, -0.1) is 0 Å². The zero-order chi connectivity index (χ0) is 13.2. The van der Waals surface area contributed by atoms with Crippen LogP contribution in [0.5, 0.6) is 0 Å². The molecule has 0 aliphatic rings. The number of aromatic nitrogens is 3. The molecule has 0 spiro atoms. The molecule has 2 rings (SSSR count). The number of hydrogen-bond donors (Lipinski definition) is 0. The molecule has 0 aliphatic carbocycles. The molecular weight excluding hydrogens is 246 g/mol. The van der Waals surface area contributed by atoms with E-state index in [1.807, 2.05) is 24.4 Å². The predicted molar refractivity (Wildman–Crippen MR) is 72.8 cm³/mol. The Balaban J connectivity index is 2.32. The molecule has 0 aliphatic heterocycles. The van der Waals surface area contributed by atoms with Crippen LogP contribution in [0.3, 0.4) is 0 Å². The molecule has 3 nitrogen and oxygen atoms in total. The summed E-state index contributed by atoms with van der Waals surface area (Å²) in [4.78, 5) is 13.0. The SMILES string of the molecule is CC(C)(C)c1nc(Cl)cc(Cc2cccnc2)n1. The van der Waals surface area contributed by atoms with Gasteiger partial charge in [0.2, 0.25) is 0 Å². The molecule has 2 aromatic rings. The third-order valence-electron chi connectivity index (χ3n) is 2.53. The summed E-state index contributed by atoms with van der Waals surface area (Å²) >= 11 is 6.06. The van der Waals surface area contributed by atoms with Crippen molar-refractivity contribution in [3.8, 4) is 0 Å². The summed E-state index contributed by atoms with van der Waals surface area (Å²) < 4.78 is 0. The number of nitrogens with zero attached hydrogens (tertiary/aromatic N) is 3. The summed E-state index contributed by atoms with van der Waals surface area (Å²) in [5.74, 6) is 0.772. The van der Waals surface area contributed by atoms with E-state index in [2.05, 4.69) is 35.7 Å². The summed E-state index contributed by atoms with van der Waals surface area (Å²) in [5.41, 5.74) is 1.94. The summed E-state index contributed by atoms with van der Waals surface area (Å²) in [6.07, 6.45) is 4.32. The molecule has 0 fully saturated rings. The summed E-state index contributed by atoms with van der Waals surface area (Å²) in [7, 11) is 0. The van der Waals surface area contributed by atoms with Crippen LogP contribution in [0.4, 0.5) is 0 Å². The van der Waals surface area contributed by atoms with Gasteiger partial charge >= 0.3 is 0 Å². The number of pyridine rings is 1. The van der Waals surface area contributed by atoms with Crippen molar-refractivity contribution >= 4 is 11.6 Å². The first-order valence-corrected chi connectivity index (χ1v) is 6.26. The molecule has 94 valence electrons. The zero-order valence-electron chi connectivity index (χ0n) is 10.8. The Hall–Kier alpha value is -1.48. The van der Waals surface area contributed by atoms with Crippen molar-refractivity contribution in [2.75, 3.05) is 0 Å². The van der Waals surface area contributed by atoms with Gasteiger partial charge in [-0.3, -0.25) is 4.98 Å². The van der Waals surface area contributed by atoms with Crippen LogP contribution >= 0.6 is 11.6 Å². The lowest BCUT2D eigenvalue weighted by Gasteiger charge is -2.17. The van der Waals surface area contributed by atoms with Crippen molar-refractivity contribution in [3.63, 3.8) is 0 Å². The Kier molecular flexibility index (Phi) is 3.62. The summed E-state index contributed by atoms with van der Waals surface area (Å²) in [5, 5.41) is 0.494. The van der Waals surface area contributed by atoms with Crippen LogP contribution in [-0.2, 0) is 11.8 Å². The molecule has 0 aromatic carbocycles. The monoisotopic (exact) mass is 261 g/mol. The molecule has 0 unspecified atom stereocenters. The van der Waals surface area contributed by atoms with Gasteiger partial charge in [-0.05, 0) is 17.7 Å². The number of halogens is 1. The molecule has 0 bridgehead atoms. The molecule has 0 saturated heterocycles. The third kappa shape index (κ3) is 3.26. The second-order valence-electron chi connectivity index (χ2n) is 5.29. The van der Waals surface area contributed by atoms with E-state index in [-0.39, 0.29) is 5.41 Å². The van der Waals surface area contributed by atoms with Crippen molar-refractivity contribution in [1.82, 2.24) is 15.0 Å². The highest BCUT2D eigenvalue weighted by Crippen LogP contribution is 2.21. The average Bonchev–Trinajstić information content (AvgIpc) is 2.28.